The summed E-state index contributed by atoms with van der Waals surface area (Å²) in [5, 5.41) is 9.64. The number of carbonyl (C=O) groups is 2. The molecule has 2 N–H and O–H groups in total. The number of rotatable bonds is 6. The molecule has 0 bridgehead atoms. The number of aromatic nitrogens is 1. The SMILES string of the molecule is [C-]#[N+]c1c(N(C)C)nc(SC(C(N)=O)C2CCN(C(=O)OC(C)(C)C)CC2)c(C#N)c1CC. The normalized spacial score (nSPS) is 15.3. The molecule has 0 saturated carbocycles. The van der Waals surface area contributed by atoms with E-state index in [0.29, 0.717) is 60.0 Å². The van der Waals surface area contributed by atoms with Gasteiger partial charge in [0.15, 0.2) is 0 Å². The predicted molar refractivity (Wildman–Crippen MR) is 128 cm³/mol. The number of ether oxygens (including phenoxy) is 1. The third-order valence-corrected chi connectivity index (χ3v) is 6.75. The summed E-state index contributed by atoms with van der Waals surface area (Å²) < 4.78 is 5.44. The summed E-state index contributed by atoms with van der Waals surface area (Å²) in [6, 6.07) is 2.18. The van der Waals surface area contributed by atoms with E-state index in [9.17, 15) is 14.9 Å². The van der Waals surface area contributed by atoms with Crippen LogP contribution < -0.4 is 10.6 Å². The van der Waals surface area contributed by atoms with Crippen LogP contribution in [0.2, 0.25) is 0 Å². The molecule has 0 aromatic carbocycles. The molecule has 0 radical (unpaired) electrons. The molecule has 1 aliphatic heterocycles. The summed E-state index contributed by atoms with van der Waals surface area (Å²) in [6.45, 7) is 15.8. The highest BCUT2D eigenvalue weighted by atomic mass is 32.2. The number of anilines is 1. The fourth-order valence-corrected chi connectivity index (χ4v) is 5.03. The average molecular weight is 473 g/mol. The van der Waals surface area contributed by atoms with Crippen molar-refractivity contribution in [3.8, 4) is 6.07 Å². The molecular formula is C23H32N6O3S. The van der Waals surface area contributed by atoms with E-state index in [2.05, 4.69) is 15.9 Å². The van der Waals surface area contributed by atoms with Crippen molar-refractivity contribution in [3.05, 3.63) is 22.5 Å². The van der Waals surface area contributed by atoms with Crippen molar-refractivity contribution in [1.82, 2.24) is 9.88 Å². The number of hydrogen-bond acceptors (Lipinski definition) is 7. The Morgan fingerprint density at radius 1 is 1.39 bits per heavy atom. The summed E-state index contributed by atoms with van der Waals surface area (Å²) in [5.41, 5.74) is 6.49. The second-order valence-electron chi connectivity index (χ2n) is 9.16. The first-order chi connectivity index (χ1) is 15.4. The lowest BCUT2D eigenvalue weighted by molar-refractivity contribution is -0.118. The first kappa shape index (κ1) is 26.3. The van der Waals surface area contributed by atoms with Crippen molar-refractivity contribution in [2.24, 2.45) is 11.7 Å². The number of likely N-dealkylation sites (tertiary alicyclic amines) is 1. The maximum atomic E-state index is 12.4. The highest BCUT2D eigenvalue weighted by Crippen LogP contribution is 2.41. The molecule has 178 valence electrons. The molecule has 1 aromatic rings. The van der Waals surface area contributed by atoms with Gasteiger partial charge in [0.05, 0.1) is 17.4 Å². The molecule has 1 aromatic heterocycles. The average Bonchev–Trinajstić information content (AvgIpc) is 2.74. The van der Waals surface area contributed by atoms with Crippen molar-refractivity contribution in [1.29, 1.82) is 5.26 Å². The van der Waals surface area contributed by atoms with Crippen LogP contribution in [0, 0.1) is 23.8 Å². The van der Waals surface area contributed by atoms with Crippen LogP contribution in [0.4, 0.5) is 16.3 Å². The Hall–Kier alpha value is -2.98. The fourth-order valence-electron chi connectivity index (χ4n) is 3.78. The Morgan fingerprint density at radius 3 is 2.42 bits per heavy atom. The molecule has 9 nitrogen and oxygen atoms in total. The standard InChI is InChI=1S/C23H32N6O3S/c1-8-15-16(13-24)21(27-20(28(6)7)17(15)26-5)33-18(19(25)30)14-9-11-29(12-10-14)22(31)32-23(2,3)4/h14,18H,8-12H2,1-4,6-7H3,(H2,25,30). The van der Waals surface area contributed by atoms with Crippen LogP contribution in [0.5, 0.6) is 0 Å². The second kappa shape index (κ2) is 10.8. The minimum atomic E-state index is -0.608. The lowest BCUT2D eigenvalue weighted by atomic mass is 9.93. The molecule has 1 atom stereocenters. The molecule has 1 saturated heterocycles. The fraction of sp³-hybridized carbons (Fsp3) is 0.609. The number of primary amides is 1. The van der Waals surface area contributed by atoms with Gasteiger partial charge in [-0.2, -0.15) is 5.26 Å². The van der Waals surface area contributed by atoms with Crippen molar-refractivity contribution >= 4 is 35.3 Å². The van der Waals surface area contributed by atoms with Gasteiger partial charge in [0.2, 0.25) is 11.6 Å². The van der Waals surface area contributed by atoms with Gasteiger partial charge < -0.3 is 20.3 Å². The lowest BCUT2D eigenvalue weighted by Crippen LogP contribution is -2.45. The van der Waals surface area contributed by atoms with E-state index in [-0.39, 0.29) is 12.0 Å². The Bertz CT molecular complexity index is 982. The second-order valence-corrected chi connectivity index (χ2v) is 10.3. The van der Waals surface area contributed by atoms with Crippen molar-refractivity contribution in [2.45, 2.75) is 62.8 Å². The van der Waals surface area contributed by atoms with Crippen LogP contribution in [-0.2, 0) is 16.0 Å². The Morgan fingerprint density at radius 2 is 2.00 bits per heavy atom. The third-order valence-electron chi connectivity index (χ3n) is 5.36. The number of nitrogens with zero attached hydrogens (tertiary/aromatic N) is 5. The van der Waals surface area contributed by atoms with E-state index in [1.807, 2.05) is 27.7 Å². The van der Waals surface area contributed by atoms with Gasteiger partial charge in [-0.3, -0.25) is 4.79 Å². The summed E-state index contributed by atoms with van der Waals surface area (Å²) in [7, 11) is 3.57. The van der Waals surface area contributed by atoms with Gasteiger partial charge in [0.1, 0.15) is 22.5 Å². The van der Waals surface area contributed by atoms with Crippen LogP contribution in [0.1, 0.15) is 51.7 Å². The minimum Gasteiger partial charge on any atom is -0.444 e. The number of carbonyl (C=O) groups excluding carboxylic acids is 2. The van der Waals surface area contributed by atoms with Crippen LogP contribution in [0.3, 0.4) is 0 Å². The number of nitriles is 1. The van der Waals surface area contributed by atoms with Gasteiger partial charge >= 0.3 is 6.09 Å². The molecule has 2 rings (SSSR count). The Kier molecular flexibility index (Phi) is 8.57. The van der Waals surface area contributed by atoms with Gasteiger partial charge in [0.25, 0.3) is 0 Å². The molecule has 1 fully saturated rings. The smallest absolute Gasteiger partial charge is 0.410 e. The first-order valence-electron chi connectivity index (χ1n) is 10.9. The van der Waals surface area contributed by atoms with Gasteiger partial charge in [-0.05, 0) is 51.5 Å². The number of thioether (sulfide) groups is 1. The van der Waals surface area contributed by atoms with Gasteiger partial charge in [-0.25, -0.2) is 14.6 Å². The molecule has 1 aliphatic rings. The van der Waals surface area contributed by atoms with E-state index in [4.69, 9.17) is 17.0 Å². The van der Waals surface area contributed by atoms with Crippen LogP contribution in [0.25, 0.3) is 4.85 Å². The highest BCUT2D eigenvalue weighted by Gasteiger charge is 2.35. The Balaban J connectivity index is 2.30. The summed E-state index contributed by atoms with van der Waals surface area (Å²) in [6.07, 6.45) is 1.30. The van der Waals surface area contributed by atoms with Gasteiger partial charge in [-0.1, -0.05) is 18.7 Å². The number of nitrogens with two attached hydrogens (primary N) is 1. The van der Waals surface area contributed by atoms with Crippen molar-refractivity contribution in [3.63, 3.8) is 0 Å². The van der Waals surface area contributed by atoms with Crippen LogP contribution in [-0.4, -0.2) is 59.9 Å². The highest BCUT2D eigenvalue weighted by molar-refractivity contribution is 8.00. The van der Waals surface area contributed by atoms with E-state index >= 15 is 0 Å². The summed E-state index contributed by atoms with van der Waals surface area (Å²) in [5.74, 6) is -0.0978. The topological polar surface area (TPSA) is 117 Å². The summed E-state index contributed by atoms with van der Waals surface area (Å²) in [4.78, 5) is 36.4. The van der Waals surface area contributed by atoms with E-state index in [1.165, 1.54) is 11.8 Å². The summed E-state index contributed by atoms with van der Waals surface area (Å²) >= 11 is 1.18. The van der Waals surface area contributed by atoms with Crippen molar-refractivity contribution in [2.75, 3.05) is 32.1 Å². The zero-order valence-electron chi connectivity index (χ0n) is 20.1. The molecule has 2 heterocycles. The third kappa shape index (κ3) is 6.29. The molecular weight excluding hydrogens is 440 g/mol. The first-order valence-corrected chi connectivity index (χ1v) is 11.8. The zero-order chi connectivity index (χ0) is 24.9. The van der Waals surface area contributed by atoms with E-state index in [1.54, 1.807) is 23.9 Å². The number of amides is 2. The van der Waals surface area contributed by atoms with Gasteiger partial charge in [-0.15, -0.1) is 0 Å². The molecule has 0 aliphatic carbocycles. The largest absolute Gasteiger partial charge is 0.444 e. The number of pyridine rings is 1. The maximum absolute atomic E-state index is 12.4. The van der Waals surface area contributed by atoms with E-state index in [0.717, 1.165) is 0 Å². The number of piperidine rings is 1. The van der Waals surface area contributed by atoms with Crippen molar-refractivity contribution < 1.29 is 14.3 Å². The quantitative estimate of drug-likeness (QED) is 0.495. The van der Waals surface area contributed by atoms with Crippen LogP contribution in [0.15, 0.2) is 5.03 Å². The lowest BCUT2D eigenvalue weighted by Gasteiger charge is -2.35. The van der Waals surface area contributed by atoms with E-state index < -0.39 is 16.8 Å². The van der Waals surface area contributed by atoms with Gasteiger partial charge in [0, 0.05) is 27.2 Å². The monoisotopic (exact) mass is 472 g/mol. The number of hydrogen-bond donors (Lipinski definition) is 1. The Labute approximate surface area is 200 Å². The molecule has 10 heteroatoms. The van der Waals surface area contributed by atoms with Crippen LogP contribution >= 0.6 is 11.8 Å². The molecule has 1 unspecified atom stereocenters. The minimum absolute atomic E-state index is 0.0760. The zero-order valence-corrected chi connectivity index (χ0v) is 21.0. The predicted octanol–water partition coefficient (Wildman–Crippen LogP) is 3.73. The molecule has 33 heavy (non-hydrogen) atoms. The molecule has 2 amide bonds. The molecule has 0 spiro atoms. The maximum Gasteiger partial charge on any atom is 0.410 e.